The van der Waals surface area contributed by atoms with Gasteiger partial charge < -0.3 is 29.3 Å². The number of cyclic esters (lactones) is 1. The molecule has 1 saturated heterocycles. The summed E-state index contributed by atoms with van der Waals surface area (Å²) < 4.78 is 16.3. The van der Waals surface area contributed by atoms with Gasteiger partial charge in [-0.15, -0.1) is 0 Å². The Morgan fingerprint density at radius 1 is 1.34 bits per heavy atom. The minimum Gasteiger partial charge on any atom is -0.495 e. The number of carbonyl (C=O) groups excluding carboxylic acids is 2. The van der Waals surface area contributed by atoms with Gasteiger partial charge in [0.25, 0.3) is 5.91 Å². The molecule has 212 valence electrons. The Bertz CT molecular complexity index is 1040. The van der Waals surface area contributed by atoms with Crippen molar-refractivity contribution in [3.63, 3.8) is 0 Å². The van der Waals surface area contributed by atoms with Crippen LogP contribution < -0.4 is 15.0 Å². The molecule has 0 saturated carbocycles. The van der Waals surface area contributed by atoms with E-state index in [1.807, 2.05) is 13.0 Å². The minimum absolute atomic E-state index is 0.203. The second-order valence-corrected chi connectivity index (χ2v) is 10.6. The first-order valence-electron chi connectivity index (χ1n) is 12.7. The summed E-state index contributed by atoms with van der Waals surface area (Å²) in [5.41, 5.74) is 0.643. The number of methoxy groups -OCH3 is 2. The van der Waals surface area contributed by atoms with Crippen molar-refractivity contribution in [1.82, 2.24) is 5.32 Å². The Hall–Kier alpha value is -2.59. The summed E-state index contributed by atoms with van der Waals surface area (Å²) in [6, 6.07) is 3.57. The second kappa shape index (κ2) is 14.0. The summed E-state index contributed by atoms with van der Waals surface area (Å²) in [4.78, 5) is 25.5. The average Bonchev–Trinajstić information content (AvgIpc) is 2.85. The molecule has 0 spiro atoms. The predicted molar refractivity (Wildman–Crippen MR) is 147 cm³/mol. The van der Waals surface area contributed by atoms with Gasteiger partial charge in [0.05, 0.1) is 12.8 Å². The van der Waals surface area contributed by atoms with Crippen molar-refractivity contribution < 1.29 is 34.0 Å². The van der Waals surface area contributed by atoms with Crippen LogP contribution in [0.3, 0.4) is 0 Å². The average molecular weight is 553 g/mol. The third kappa shape index (κ3) is 8.20. The number of amides is 2. The maximum atomic E-state index is 12.2. The van der Waals surface area contributed by atoms with Gasteiger partial charge in [0.15, 0.2) is 5.72 Å². The molecule has 0 unspecified atom stereocenters. The van der Waals surface area contributed by atoms with Gasteiger partial charge >= 0.3 is 6.09 Å². The van der Waals surface area contributed by atoms with Crippen LogP contribution in [0.15, 0.2) is 35.9 Å². The number of likely N-dealkylation sites (N-methyl/N-ethyl adjacent to an activating group) is 1. The maximum absolute atomic E-state index is 12.2. The molecule has 0 radical (unpaired) electrons. The van der Waals surface area contributed by atoms with Crippen molar-refractivity contribution in [3.8, 4) is 5.75 Å². The van der Waals surface area contributed by atoms with Crippen molar-refractivity contribution in [2.24, 2.45) is 11.8 Å². The zero-order chi connectivity index (χ0) is 28.6. The van der Waals surface area contributed by atoms with Gasteiger partial charge in [-0.05, 0) is 49.3 Å². The molecule has 9 nitrogen and oxygen atoms in total. The lowest BCUT2D eigenvalue weighted by molar-refractivity contribution is -0.136. The van der Waals surface area contributed by atoms with Crippen molar-refractivity contribution in [1.29, 1.82) is 0 Å². The highest BCUT2D eigenvalue weighted by Gasteiger charge is 2.45. The largest absolute Gasteiger partial charge is 0.495 e. The molecular weight excluding hydrogens is 512 g/mol. The number of hydrogen-bond acceptors (Lipinski definition) is 7. The van der Waals surface area contributed by atoms with E-state index in [0.29, 0.717) is 36.1 Å². The van der Waals surface area contributed by atoms with Crippen molar-refractivity contribution in [2.75, 3.05) is 32.8 Å². The quantitative estimate of drug-likeness (QED) is 0.332. The van der Waals surface area contributed by atoms with Crippen LogP contribution in [0.4, 0.5) is 10.5 Å². The van der Waals surface area contributed by atoms with Gasteiger partial charge in [-0.1, -0.05) is 56.2 Å². The number of alkyl carbamates (subject to hydrolysis) is 1. The fraction of sp³-hybridized carbons (Fsp3) is 0.571. The summed E-state index contributed by atoms with van der Waals surface area (Å²) >= 11 is 6.40. The van der Waals surface area contributed by atoms with Crippen LogP contribution in [-0.2, 0) is 20.7 Å². The van der Waals surface area contributed by atoms with E-state index in [4.69, 9.17) is 25.8 Å². The third-order valence-corrected chi connectivity index (χ3v) is 7.33. The second-order valence-electron chi connectivity index (χ2n) is 10.2. The van der Waals surface area contributed by atoms with Crippen molar-refractivity contribution >= 4 is 29.3 Å². The zero-order valence-corrected chi connectivity index (χ0v) is 24.0. The number of aliphatic hydroxyl groups excluding tert-OH is 1. The number of aliphatic hydroxyl groups is 2. The zero-order valence-electron chi connectivity index (χ0n) is 23.3. The Kier molecular flexibility index (Phi) is 11.6. The summed E-state index contributed by atoms with van der Waals surface area (Å²) in [5, 5.41) is 23.3. The van der Waals surface area contributed by atoms with E-state index in [9.17, 15) is 19.8 Å². The van der Waals surface area contributed by atoms with E-state index in [1.165, 1.54) is 26.2 Å². The Morgan fingerprint density at radius 2 is 2.03 bits per heavy atom. The fourth-order valence-corrected chi connectivity index (χ4v) is 4.62. The molecule has 1 heterocycles. The summed E-state index contributed by atoms with van der Waals surface area (Å²) in [5.74, 6) is 0.672. The highest BCUT2D eigenvalue weighted by atomic mass is 35.5. The lowest BCUT2D eigenvalue weighted by atomic mass is 9.87. The molecule has 1 aliphatic heterocycles. The molecule has 0 bridgehead atoms. The van der Waals surface area contributed by atoms with Crippen LogP contribution >= 0.6 is 11.6 Å². The van der Waals surface area contributed by atoms with Crippen LogP contribution in [-0.4, -0.2) is 68.0 Å². The van der Waals surface area contributed by atoms with Gasteiger partial charge in [0.1, 0.15) is 29.6 Å². The number of halogens is 1. The van der Waals surface area contributed by atoms with Crippen LogP contribution in [0.1, 0.15) is 46.1 Å². The van der Waals surface area contributed by atoms with Crippen molar-refractivity contribution in [3.05, 3.63) is 46.5 Å². The van der Waals surface area contributed by atoms with E-state index >= 15 is 0 Å². The Labute approximate surface area is 230 Å². The van der Waals surface area contributed by atoms with E-state index in [1.54, 1.807) is 24.3 Å². The number of nitrogens with zero attached hydrogens (tertiary/aromatic N) is 1. The molecule has 4 atom stereocenters. The first-order chi connectivity index (χ1) is 17.8. The number of anilines is 1. The minimum atomic E-state index is -1.61. The number of allylic oxidation sites excluding steroid dienone is 3. The highest BCUT2D eigenvalue weighted by Crippen LogP contribution is 2.36. The number of benzene rings is 1. The van der Waals surface area contributed by atoms with Crippen LogP contribution in [0.5, 0.6) is 5.75 Å². The fourth-order valence-electron chi connectivity index (χ4n) is 4.31. The lowest BCUT2D eigenvalue weighted by Crippen LogP contribution is -2.62. The van der Waals surface area contributed by atoms with Crippen LogP contribution in [0, 0.1) is 11.8 Å². The smallest absolute Gasteiger partial charge is 0.409 e. The molecule has 38 heavy (non-hydrogen) atoms. The molecule has 10 heteroatoms. The molecule has 0 aliphatic carbocycles. The predicted octanol–water partition coefficient (Wildman–Crippen LogP) is 4.23. The number of nitrogens with one attached hydrogen (secondary N) is 1. The standard InChI is InChI=1S/C28H41ClN2O7/c1-17(2)19(4)12-21-15-28(35,30-27(34)38-21)24(37-7)10-8-9-18(3)11-20-13-22(31(5)25(33)16-32)26(29)23(14-20)36-6/h8-10,13-14,17,19,21,24,32,35H,11-12,15-16H2,1-7H3,(H,30,34)/b10-8+,18-9+/t19-,21+,24+,28-/m0/s1. The number of hydrogen-bond donors (Lipinski definition) is 3. The molecule has 1 aliphatic rings. The molecule has 1 aromatic rings. The van der Waals surface area contributed by atoms with E-state index in [-0.39, 0.29) is 11.4 Å². The number of rotatable bonds is 12. The normalized spacial score (nSPS) is 21.7. The van der Waals surface area contributed by atoms with E-state index in [2.05, 4.69) is 26.1 Å². The topological polar surface area (TPSA) is 118 Å². The summed E-state index contributed by atoms with van der Waals surface area (Å²) in [6.07, 6.45) is 4.83. The third-order valence-electron chi connectivity index (χ3n) is 6.95. The first-order valence-corrected chi connectivity index (χ1v) is 13.0. The molecule has 1 fully saturated rings. The number of carbonyl (C=O) groups is 2. The molecule has 1 aromatic carbocycles. The SMILES string of the molecule is COc1cc(C/C(C)=C/C=C/[C@@H](OC)[C@@]2(O)C[C@@H](C[C@H](C)C(C)C)OC(=O)N2)cc(N(C)C(=O)CO)c1Cl. The highest BCUT2D eigenvalue weighted by molar-refractivity contribution is 6.35. The van der Waals surface area contributed by atoms with Gasteiger partial charge in [-0.2, -0.15) is 0 Å². The summed E-state index contributed by atoms with van der Waals surface area (Å²) in [6.45, 7) is 7.62. The van der Waals surface area contributed by atoms with Crippen LogP contribution in [0.2, 0.25) is 5.02 Å². The Morgan fingerprint density at radius 3 is 2.61 bits per heavy atom. The lowest BCUT2D eigenvalue weighted by Gasteiger charge is -2.41. The van der Waals surface area contributed by atoms with Crippen LogP contribution in [0.25, 0.3) is 0 Å². The maximum Gasteiger partial charge on any atom is 0.409 e. The van der Waals surface area contributed by atoms with Gasteiger partial charge in [-0.3, -0.25) is 10.1 Å². The van der Waals surface area contributed by atoms with E-state index < -0.39 is 36.5 Å². The van der Waals surface area contributed by atoms with Gasteiger partial charge in [-0.25, -0.2) is 4.79 Å². The summed E-state index contributed by atoms with van der Waals surface area (Å²) in [7, 11) is 4.50. The monoisotopic (exact) mass is 552 g/mol. The molecule has 2 rings (SSSR count). The molecular formula is C28H41ClN2O7. The Balaban J connectivity index is 2.19. The molecule has 3 N–H and O–H groups in total. The van der Waals surface area contributed by atoms with Crippen molar-refractivity contribution in [2.45, 2.75) is 64.9 Å². The molecule has 2 amide bonds. The van der Waals surface area contributed by atoms with E-state index in [0.717, 1.165) is 11.1 Å². The first kappa shape index (κ1) is 31.6. The van der Waals surface area contributed by atoms with Gasteiger partial charge in [0, 0.05) is 20.6 Å². The van der Waals surface area contributed by atoms with Gasteiger partial charge in [0.2, 0.25) is 0 Å². The number of ether oxygens (including phenoxy) is 3. The molecule has 0 aromatic heterocycles.